The van der Waals surface area contributed by atoms with Gasteiger partial charge in [-0.1, -0.05) is 104 Å². The number of nitrogens with zero attached hydrogens (tertiary/aromatic N) is 2. The van der Waals surface area contributed by atoms with E-state index in [-0.39, 0.29) is 45.8 Å². The van der Waals surface area contributed by atoms with Gasteiger partial charge in [-0.2, -0.15) is 52.7 Å². The van der Waals surface area contributed by atoms with Crippen LogP contribution in [0.2, 0.25) is 0 Å². The largest absolute Gasteiger partial charge is 0.870 e. The topological polar surface area (TPSA) is 60.0 Å². The molecule has 0 radical (unpaired) electrons. The molecule has 1 aliphatic carbocycles. The number of benzene rings is 4. The lowest BCUT2D eigenvalue weighted by Crippen LogP contribution is -2.69. The van der Waals surface area contributed by atoms with Crippen LogP contribution in [-0.4, -0.2) is 99.0 Å². The number of alkyl halides is 12. The summed E-state index contributed by atoms with van der Waals surface area (Å²) < 4.78 is 185. The van der Waals surface area contributed by atoms with Gasteiger partial charge >= 0.3 is 35.5 Å². The van der Waals surface area contributed by atoms with Crippen LogP contribution < -0.4 is 0 Å². The predicted molar refractivity (Wildman–Crippen MR) is 237 cm³/mol. The van der Waals surface area contributed by atoms with Gasteiger partial charge in [0.15, 0.2) is 0 Å². The van der Waals surface area contributed by atoms with Crippen LogP contribution in [0.5, 0.6) is 0 Å². The van der Waals surface area contributed by atoms with Crippen molar-refractivity contribution in [2.45, 2.75) is 119 Å². The molecule has 4 nitrogen and oxygen atoms in total. The molecule has 1 aliphatic rings. The summed E-state index contributed by atoms with van der Waals surface area (Å²) in [5.41, 5.74) is 0.413. The molecule has 0 aromatic heterocycles. The highest BCUT2D eigenvalue weighted by Crippen LogP contribution is 2.64. The highest BCUT2D eigenvalue weighted by atomic mass is 19.4. The van der Waals surface area contributed by atoms with Crippen LogP contribution in [0.3, 0.4) is 0 Å². The van der Waals surface area contributed by atoms with Crippen molar-refractivity contribution in [1.82, 2.24) is 0 Å². The highest BCUT2D eigenvalue weighted by Gasteiger charge is 2.90. The molecule has 4 aromatic rings. The molecule has 0 saturated heterocycles. The Balaban J connectivity index is 0.00000595. The smallest absolute Gasteiger partial charge is 0.385 e. The lowest BCUT2D eigenvalue weighted by atomic mass is 9.70. The summed E-state index contributed by atoms with van der Waals surface area (Å²) in [6.07, 6.45) is 9.19. The summed E-state index contributed by atoms with van der Waals surface area (Å²) in [5, 5.41) is 0. The number of aryl methyl sites for hydroxylation is 2. The molecule has 0 bridgehead atoms. The van der Waals surface area contributed by atoms with Crippen molar-refractivity contribution in [3.05, 3.63) is 118 Å². The van der Waals surface area contributed by atoms with Gasteiger partial charge in [-0.3, -0.25) is 0 Å². The molecular weight excluding hydrogens is 901 g/mol. The molecule has 0 fully saturated rings. The van der Waals surface area contributed by atoms with Crippen LogP contribution in [0.1, 0.15) is 97.6 Å². The number of quaternary nitrogens is 2. The zero-order chi connectivity index (χ0) is 48.7. The van der Waals surface area contributed by atoms with E-state index in [2.05, 4.69) is 48.4 Å². The molecule has 0 atom stereocenters. The van der Waals surface area contributed by atoms with E-state index < -0.39 is 52.1 Å². The first kappa shape index (κ1) is 57.2. The van der Waals surface area contributed by atoms with Crippen LogP contribution in [0.4, 0.5) is 52.7 Å². The van der Waals surface area contributed by atoms with Crippen molar-refractivity contribution < 1.29 is 72.6 Å². The quantitative estimate of drug-likeness (QED) is 0.0448. The van der Waals surface area contributed by atoms with Crippen LogP contribution in [0.15, 0.2) is 84.9 Å². The van der Waals surface area contributed by atoms with Crippen molar-refractivity contribution in [3.63, 3.8) is 0 Å². The van der Waals surface area contributed by atoms with Gasteiger partial charge in [0.1, 0.15) is 0 Å². The Hall–Kier alpha value is -4.12. The lowest BCUT2D eigenvalue weighted by molar-refractivity contribution is -0.870. The Morgan fingerprint density at radius 1 is 0.403 bits per heavy atom. The van der Waals surface area contributed by atoms with Crippen molar-refractivity contribution in [3.8, 4) is 22.3 Å². The Labute approximate surface area is 386 Å². The average Bonchev–Trinajstić information content (AvgIpc) is 3.47. The Bertz CT molecular complexity index is 2260. The van der Waals surface area contributed by atoms with Crippen molar-refractivity contribution >= 4 is 0 Å². The summed E-state index contributed by atoms with van der Waals surface area (Å²) in [7, 11) is 12.8. The van der Waals surface area contributed by atoms with Crippen molar-refractivity contribution in [1.29, 1.82) is 0 Å². The minimum absolute atomic E-state index is 0. The van der Waals surface area contributed by atoms with E-state index in [9.17, 15) is 17.6 Å². The summed E-state index contributed by atoms with van der Waals surface area (Å²) in [6.45, 7) is 5.10. The zero-order valence-corrected chi connectivity index (χ0v) is 39.4. The van der Waals surface area contributed by atoms with E-state index in [0.29, 0.717) is 6.07 Å². The Morgan fingerprint density at radius 3 is 1.25 bits per heavy atom. The standard InChI is InChI=1S/C51H62F12N2.2H2O/c1-35-19-17-21-39(31-35)46(52,53)48(56,57)50(60,61)51(62,63)49(58,59)47(54,55)40-22-18-20-37(33-40)38-24-26-42-41-25-23-36(2)32-43(41)45(44(42)34-38,27-13-9-11-15-29-64(3,4)5)28-14-10-12-16-30-65(6,7)8;;/h17-26,31-34H,9-16,27-30H2,1-8H3;2*1H2/q+2;;/p-2. The first-order valence-electron chi connectivity index (χ1n) is 22.2. The van der Waals surface area contributed by atoms with E-state index in [1.807, 2.05) is 19.1 Å². The van der Waals surface area contributed by atoms with Crippen LogP contribution in [-0.2, 0) is 17.3 Å². The third-order valence-electron chi connectivity index (χ3n) is 12.8. The normalized spacial score (nSPS) is 14.6. The van der Waals surface area contributed by atoms with Gasteiger partial charge in [0.2, 0.25) is 0 Å². The van der Waals surface area contributed by atoms with Gasteiger partial charge in [0.05, 0.1) is 55.4 Å². The van der Waals surface area contributed by atoms with Crippen LogP contribution in [0, 0.1) is 13.8 Å². The molecule has 67 heavy (non-hydrogen) atoms. The number of hydrogen-bond acceptors (Lipinski definition) is 2. The first-order chi connectivity index (χ1) is 29.8. The van der Waals surface area contributed by atoms with Gasteiger partial charge in [-0.25, -0.2) is 0 Å². The number of unbranched alkanes of at least 4 members (excludes halogenated alkanes) is 6. The molecule has 16 heteroatoms. The van der Waals surface area contributed by atoms with Crippen molar-refractivity contribution in [2.24, 2.45) is 0 Å². The van der Waals surface area contributed by atoms with Crippen LogP contribution >= 0.6 is 0 Å². The molecule has 0 aliphatic heterocycles. The molecule has 374 valence electrons. The molecule has 4 aromatic carbocycles. The summed E-state index contributed by atoms with van der Waals surface area (Å²) in [5.74, 6) is -42.4. The van der Waals surface area contributed by atoms with E-state index in [0.717, 1.165) is 139 Å². The molecule has 0 saturated carbocycles. The second kappa shape index (κ2) is 20.5. The zero-order valence-electron chi connectivity index (χ0n) is 39.4. The third kappa shape index (κ3) is 11.2. The van der Waals surface area contributed by atoms with Gasteiger partial charge in [-0.05, 0) is 104 Å². The minimum atomic E-state index is -7.70. The van der Waals surface area contributed by atoms with Gasteiger partial charge < -0.3 is 19.9 Å². The molecule has 0 heterocycles. The fraction of sp³-hybridized carbons (Fsp3) is 0.529. The lowest BCUT2D eigenvalue weighted by Gasteiger charge is -2.41. The van der Waals surface area contributed by atoms with Gasteiger partial charge in [-0.15, -0.1) is 0 Å². The number of rotatable bonds is 22. The Morgan fingerprint density at radius 2 is 0.791 bits per heavy atom. The average molecular weight is 965 g/mol. The SMILES string of the molecule is Cc1cccc(C(F)(F)C(F)(F)C(F)(F)C(F)(F)C(F)(F)C(F)(F)c2cccc(-c3ccc4c(c3)C(CCCCCC[N+](C)(C)C)(CCCCCC[N+](C)(C)C)c3cc(C)ccc3-4)c2)c1.[OH-].[OH-]. The predicted octanol–water partition coefficient (Wildman–Crippen LogP) is 14.6. The van der Waals surface area contributed by atoms with E-state index >= 15 is 35.1 Å². The van der Waals surface area contributed by atoms with Crippen molar-refractivity contribution in [2.75, 3.05) is 55.4 Å². The highest BCUT2D eigenvalue weighted by molar-refractivity contribution is 5.84. The van der Waals surface area contributed by atoms with E-state index in [4.69, 9.17) is 0 Å². The summed E-state index contributed by atoms with van der Waals surface area (Å²) in [6, 6.07) is 16.4. The monoisotopic (exact) mass is 964 g/mol. The summed E-state index contributed by atoms with van der Waals surface area (Å²) in [4.78, 5) is 0. The molecule has 2 N–H and O–H groups in total. The number of hydrogen-bond donors (Lipinski definition) is 0. The van der Waals surface area contributed by atoms with E-state index in [1.165, 1.54) is 6.07 Å². The number of fused-ring (bicyclic) bond motifs is 3. The maximum absolute atomic E-state index is 15.9. The molecule has 0 amide bonds. The Kier molecular flexibility index (Phi) is 17.5. The molecular formula is C51H64F12N2O2. The van der Waals surface area contributed by atoms with E-state index in [1.54, 1.807) is 18.2 Å². The molecule has 0 unspecified atom stereocenters. The first-order valence-corrected chi connectivity index (χ1v) is 22.2. The van der Waals surface area contributed by atoms with Gasteiger partial charge in [0, 0.05) is 16.5 Å². The maximum atomic E-state index is 15.9. The second-order valence-electron chi connectivity index (χ2n) is 20.1. The fourth-order valence-electron chi connectivity index (χ4n) is 9.07. The molecule has 0 spiro atoms. The maximum Gasteiger partial charge on any atom is 0.385 e. The second-order valence-corrected chi connectivity index (χ2v) is 20.1. The van der Waals surface area contributed by atoms with Crippen LogP contribution in [0.25, 0.3) is 22.3 Å². The summed E-state index contributed by atoms with van der Waals surface area (Å²) >= 11 is 0. The number of halogens is 12. The molecule has 5 rings (SSSR count). The van der Waals surface area contributed by atoms with Gasteiger partial charge in [0.25, 0.3) is 0 Å². The third-order valence-corrected chi connectivity index (χ3v) is 12.8. The minimum Gasteiger partial charge on any atom is -0.870 e. The fourth-order valence-corrected chi connectivity index (χ4v) is 9.07.